The third-order valence-corrected chi connectivity index (χ3v) is 3.72. The van der Waals surface area contributed by atoms with E-state index in [0.29, 0.717) is 12.5 Å². The van der Waals surface area contributed by atoms with E-state index in [0.717, 1.165) is 19.3 Å². The van der Waals surface area contributed by atoms with Gasteiger partial charge >= 0.3 is 0 Å². The lowest BCUT2D eigenvalue weighted by molar-refractivity contribution is -0.0755. The second-order valence-electron chi connectivity index (χ2n) is 4.79. The fourth-order valence-corrected chi connectivity index (χ4v) is 2.50. The Morgan fingerprint density at radius 2 is 2.08 bits per heavy atom. The van der Waals surface area contributed by atoms with Gasteiger partial charge in [-0.1, -0.05) is 20.8 Å². The van der Waals surface area contributed by atoms with Crippen molar-refractivity contribution in [1.29, 1.82) is 0 Å². The number of nitrogens with two attached hydrogens (primary N) is 1. The molecule has 0 heterocycles. The standard InChI is InChI=1S/C10H21NO/c1-8-4-5-9(2,3)10(8,12)6-7-11/h8,12H,4-7,11H2,1-3H3. The van der Waals surface area contributed by atoms with Crippen LogP contribution in [0.25, 0.3) is 0 Å². The van der Waals surface area contributed by atoms with E-state index < -0.39 is 5.60 Å². The monoisotopic (exact) mass is 171 g/mol. The van der Waals surface area contributed by atoms with Gasteiger partial charge in [0.05, 0.1) is 5.60 Å². The van der Waals surface area contributed by atoms with Crippen LogP contribution in [0.5, 0.6) is 0 Å². The lowest BCUT2D eigenvalue weighted by atomic mass is 9.72. The van der Waals surface area contributed by atoms with Crippen molar-refractivity contribution in [3.05, 3.63) is 0 Å². The molecule has 0 aromatic rings. The van der Waals surface area contributed by atoms with Gasteiger partial charge in [-0.2, -0.15) is 0 Å². The number of aliphatic hydroxyl groups is 1. The molecule has 0 aliphatic heterocycles. The maximum atomic E-state index is 10.4. The maximum absolute atomic E-state index is 10.4. The molecule has 1 fully saturated rings. The maximum Gasteiger partial charge on any atom is 0.0735 e. The summed E-state index contributed by atoms with van der Waals surface area (Å²) in [7, 11) is 0. The second kappa shape index (κ2) is 3.00. The first kappa shape index (κ1) is 10.0. The highest BCUT2D eigenvalue weighted by Crippen LogP contribution is 2.50. The number of hydrogen-bond acceptors (Lipinski definition) is 2. The summed E-state index contributed by atoms with van der Waals surface area (Å²) in [6, 6.07) is 0. The molecule has 2 heteroatoms. The van der Waals surface area contributed by atoms with Crippen LogP contribution in [0.4, 0.5) is 0 Å². The van der Waals surface area contributed by atoms with Gasteiger partial charge in [0.25, 0.3) is 0 Å². The number of rotatable bonds is 2. The minimum atomic E-state index is -0.526. The molecule has 2 nitrogen and oxygen atoms in total. The van der Waals surface area contributed by atoms with Gasteiger partial charge in [0, 0.05) is 0 Å². The van der Waals surface area contributed by atoms with Crippen molar-refractivity contribution in [2.45, 2.75) is 45.6 Å². The van der Waals surface area contributed by atoms with Crippen molar-refractivity contribution in [1.82, 2.24) is 0 Å². The molecule has 2 unspecified atom stereocenters. The molecule has 0 bridgehead atoms. The Morgan fingerprint density at radius 3 is 2.42 bits per heavy atom. The quantitative estimate of drug-likeness (QED) is 0.661. The molecule has 72 valence electrons. The summed E-state index contributed by atoms with van der Waals surface area (Å²) in [5, 5.41) is 10.4. The Bertz CT molecular complexity index is 167. The van der Waals surface area contributed by atoms with E-state index in [1.807, 2.05) is 0 Å². The van der Waals surface area contributed by atoms with Crippen molar-refractivity contribution < 1.29 is 5.11 Å². The molecular weight excluding hydrogens is 150 g/mol. The second-order valence-corrected chi connectivity index (χ2v) is 4.79. The molecule has 1 aliphatic carbocycles. The zero-order chi connectivity index (χ0) is 9.41. The molecule has 0 spiro atoms. The molecule has 3 N–H and O–H groups in total. The van der Waals surface area contributed by atoms with Gasteiger partial charge in [0.2, 0.25) is 0 Å². The van der Waals surface area contributed by atoms with E-state index in [-0.39, 0.29) is 5.41 Å². The van der Waals surface area contributed by atoms with Crippen molar-refractivity contribution in [2.75, 3.05) is 6.54 Å². The first-order valence-corrected chi connectivity index (χ1v) is 4.86. The Balaban J connectivity index is 2.82. The molecular formula is C10H21NO. The fourth-order valence-electron chi connectivity index (χ4n) is 2.50. The van der Waals surface area contributed by atoms with Crippen LogP contribution in [0.3, 0.4) is 0 Å². The fraction of sp³-hybridized carbons (Fsp3) is 1.00. The van der Waals surface area contributed by atoms with Crippen LogP contribution in [-0.2, 0) is 0 Å². The van der Waals surface area contributed by atoms with Crippen LogP contribution in [0.15, 0.2) is 0 Å². The highest BCUT2D eigenvalue weighted by molar-refractivity contribution is 5.02. The van der Waals surface area contributed by atoms with E-state index >= 15 is 0 Å². The number of hydrogen-bond donors (Lipinski definition) is 2. The summed E-state index contributed by atoms with van der Waals surface area (Å²) in [5.74, 6) is 0.399. The molecule has 0 aromatic heterocycles. The molecule has 1 rings (SSSR count). The van der Waals surface area contributed by atoms with Crippen LogP contribution in [0, 0.1) is 11.3 Å². The lowest BCUT2D eigenvalue weighted by Crippen LogP contribution is -2.45. The third-order valence-electron chi connectivity index (χ3n) is 3.72. The molecule has 0 saturated heterocycles. The largest absolute Gasteiger partial charge is 0.389 e. The van der Waals surface area contributed by atoms with E-state index in [9.17, 15) is 5.11 Å². The predicted octanol–water partition coefficient (Wildman–Crippen LogP) is 1.52. The minimum Gasteiger partial charge on any atom is -0.389 e. The summed E-state index contributed by atoms with van der Waals surface area (Å²) >= 11 is 0. The summed E-state index contributed by atoms with van der Waals surface area (Å²) in [6.07, 6.45) is 2.98. The van der Waals surface area contributed by atoms with E-state index in [1.165, 1.54) is 0 Å². The Kier molecular flexibility index (Phi) is 2.50. The Hall–Kier alpha value is -0.0800. The van der Waals surface area contributed by atoms with Gasteiger partial charge in [-0.3, -0.25) is 0 Å². The SMILES string of the molecule is CC1CCC(C)(C)C1(O)CCN. The Morgan fingerprint density at radius 1 is 1.50 bits per heavy atom. The van der Waals surface area contributed by atoms with Crippen molar-refractivity contribution >= 4 is 0 Å². The molecule has 1 aliphatic rings. The molecule has 1 saturated carbocycles. The van der Waals surface area contributed by atoms with E-state index in [4.69, 9.17) is 5.73 Å². The summed E-state index contributed by atoms with van der Waals surface area (Å²) in [4.78, 5) is 0. The zero-order valence-electron chi connectivity index (χ0n) is 8.43. The molecule has 12 heavy (non-hydrogen) atoms. The minimum absolute atomic E-state index is 0.0474. The predicted molar refractivity (Wildman–Crippen MR) is 50.8 cm³/mol. The molecule has 2 atom stereocenters. The summed E-state index contributed by atoms with van der Waals surface area (Å²) < 4.78 is 0. The topological polar surface area (TPSA) is 46.2 Å². The zero-order valence-corrected chi connectivity index (χ0v) is 8.43. The van der Waals surface area contributed by atoms with Gasteiger partial charge in [0.15, 0.2) is 0 Å². The van der Waals surface area contributed by atoms with Crippen LogP contribution >= 0.6 is 0 Å². The third kappa shape index (κ3) is 1.27. The molecule has 0 amide bonds. The average Bonchev–Trinajstić information content (AvgIpc) is 2.16. The summed E-state index contributed by atoms with van der Waals surface area (Å²) in [5.41, 5.74) is 5.04. The van der Waals surface area contributed by atoms with Crippen LogP contribution in [0.1, 0.15) is 40.0 Å². The van der Waals surface area contributed by atoms with Crippen molar-refractivity contribution in [3.63, 3.8) is 0 Å². The van der Waals surface area contributed by atoms with Crippen LogP contribution in [0.2, 0.25) is 0 Å². The van der Waals surface area contributed by atoms with Crippen LogP contribution < -0.4 is 5.73 Å². The highest BCUT2D eigenvalue weighted by atomic mass is 16.3. The van der Waals surface area contributed by atoms with Crippen molar-refractivity contribution in [3.8, 4) is 0 Å². The average molecular weight is 171 g/mol. The van der Waals surface area contributed by atoms with Crippen molar-refractivity contribution in [2.24, 2.45) is 17.1 Å². The lowest BCUT2D eigenvalue weighted by Gasteiger charge is -2.39. The van der Waals surface area contributed by atoms with Gasteiger partial charge in [-0.25, -0.2) is 0 Å². The van der Waals surface area contributed by atoms with Gasteiger partial charge < -0.3 is 10.8 Å². The first-order chi connectivity index (χ1) is 5.44. The van der Waals surface area contributed by atoms with Gasteiger partial charge in [-0.15, -0.1) is 0 Å². The normalized spacial score (nSPS) is 40.2. The van der Waals surface area contributed by atoms with Crippen LogP contribution in [-0.4, -0.2) is 17.3 Å². The molecule has 0 aromatic carbocycles. The van der Waals surface area contributed by atoms with E-state index in [2.05, 4.69) is 20.8 Å². The first-order valence-electron chi connectivity index (χ1n) is 4.86. The van der Waals surface area contributed by atoms with Gasteiger partial charge in [-0.05, 0) is 37.1 Å². The Labute approximate surface area is 75.2 Å². The highest BCUT2D eigenvalue weighted by Gasteiger charge is 2.51. The molecule has 0 radical (unpaired) electrons. The van der Waals surface area contributed by atoms with E-state index in [1.54, 1.807) is 0 Å². The smallest absolute Gasteiger partial charge is 0.0735 e. The van der Waals surface area contributed by atoms with Gasteiger partial charge in [0.1, 0.15) is 0 Å². The summed E-state index contributed by atoms with van der Waals surface area (Å²) in [6.45, 7) is 7.01.